The zero-order chi connectivity index (χ0) is 20.4. The van der Waals surface area contributed by atoms with Crippen molar-refractivity contribution in [2.24, 2.45) is 0 Å². The van der Waals surface area contributed by atoms with Gasteiger partial charge in [0.1, 0.15) is 11.5 Å². The number of benzene rings is 2. The van der Waals surface area contributed by atoms with Crippen LogP contribution in [0.25, 0.3) is 16.6 Å². The number of methoxy groups -OCH3 is 1. The molecule has 0 fully saturated rings. The number of rotatable bonds is 6. The average Bonchev–Trinajstić information content (AvgIpc) is 3.16. The van der Waals surface area contributed by atoms with Crippen LogP contribution in [0, 0.1) is 5.82 Å². The van der Waals surface area contributed by atoms with Gasteiger partial charge >= 0.3 is 0 Å². The molecule has 0 atom stereocenters. The molecule has 3 N–H and O–H groups in total. The van der Waals surface area contributed by atoms with E-state index in [2.05, 4.69) is 21.8 Å². The molecular weight excluding hydrogens is 371 g/mol. The summed E-state index contributed by atoms with van der Waals surface area (Å²) in [6.07, 6.45) is 2.15. The van der Waals surface area contributed by atoms with E-state index in [1.165, 1.54) is 12.1 Å². The summed E-state index contributed by atoms with van der Waals surface area (Å²) in [5, 5.41) is 7.85. The molecule has 7 heteroatoms. The number of nitrogens with one attached hydrogen (secondary N) is 1. The topological polar surface area (TPSA) is 86.0 Å². The molecule has 2 aromatic heterocycles. The number of hydrogen-bond acceptors (Lipinski definition) is 5. The molecule has 0 unspecified atom stereocenters. The molecule has 2 heterocycles. The van der Waals surface area contributed by atoms with Crippen LogP contribution in [0.4, 0.5) is 10.1 Å². The van der Waals surface area contributed by atoms with Crippen LogP contribution in [0.1, 0.15) is 11.3 Å². The number of H-pyrrole nitrogens is 1. The zero-order valence-electron chi connectivity index (χ0n) is 15.8. The maximum atomic E-state index is 14.2. The number of aromatic amines is 1. The van der Waals surface area contributed by atoms with Crippen LogP contribution >= 0.6 is 0 Å². The molecule has 0 saturated heterocycles. The van der Waals surface area contributed by atoms with Gasteiger partial charge in [0, 0.05) is 18.0 Å². The lowest BCUT2D eigenvalue weighted by molar-refractivity contribution is 0.414. The lowest BCUT2D eigenvalue weighted by atomic mass is 10.0. The third-order valence-corrected chi connectivity index (χ3v) is 4.52. The summed E-state index contributed by atoms with van der Waals surface area (Å²) in [6, 6.07) is 13.7. The summed E-state index contributed by atoms with van der Waals surface area (Å²) in [5.74, 6) is 0.742. The van der Waals surface area contributed by atoms with E-state index in [0.29, 0.717) is 34.6 Å². The minimum absolute atomic E-state index is 0.0691. The Bertz CT molecular complexity index is 1190. The van der Waals surface area contributed by atoms with Crippen molar-refractivity contribution >= 4 is 22.3 Å². The van der Waals surface area contributed by atoms with E-state index in [9.17, 15) is 4.39 Å². The minimum Gasteiger partial charge on any atom is -0.497 e. The van der Waals surface area contributed by atoms with Gasteiger partial charge in [0.25, 0.3) is 0 Å². The van der Waals surface area contributed by atoms with E-state index in [1.807, 2.05) is 24.3 Å². The van der Waals surface area contributed by atoms with Gasteiger partial charge in [-0.3, -0.25) is 5.10 Å². The first-order valence-electron chi connectivity index (χ1n) is 8.92. The lowest BCUT2D eigenvalue weighted by Crippen LogP contribution is -1.95. The number of aromatic nitrogens is 3. The van der Waals surface area contributed by atoms with Crippen LogP contribution in [0.2, 0.25) is 0 Å². The second-order valence-corrected chi connectivity index (χ2v) is 6.53. The van der Waals surface area contributed by atoms with Gasteiger partial charge in [0.2, 0.25) is 0 Å². The van der Waals surface area contributed by atoms with Crippen molar-refractivity contribution in [1.82, 2.24) is 15.2 Å². The van der Waals surface area contributed by atoms with Gasteiger partial charge in [0.15, 0.2) is 17.2 Å². The SMILES string of the molecule is C=C(Cc1ccc(OC)cc1)c1[nH]nc2nccc(Oc3ccc(N)cc3F)c12. The Kier molecular flexibility index (Phi) is 4.87. The smallest absolute Gasteiger partial charge is 0.185 e. The number of nitrogens with two attached hydrogens (primary N) is 1. The standard InChI is InChI=1S/C22H19FN4O2/c1-13(11-14-3-6-16(28-2)7-4-14)21-20-19(9-10-25-22(20)27-26-21)29-18-8-5-15(24)12-17(18)23/h3-10,12H,1,11,24H2,2H3,(H,25,26,27). The highest BCUT2D eigenvalue weighted by atomic mass is 19.1. The van der Waals surface area contributed by atoms with Gasteiger partial charge in [0.05, 0.1) is 18.2 Å². The number of halogens is 1. The lowest BCUT2D eigenvalue weighted by Gasteiger charge is -2.10. The fourth-order valence-corrected chi connectivity index (χ4v) is 3.06. The van der Waals surface area contributed by atoms with Gasteiger partial charge in [-0.05, 0) is 47.9 Å². The minimum atomic E-state index is -0.544. The van der Waals surface area contributed by atoms with Crippen LogP contribution in [0.5, 0.6) is 17.2 Å². The van der Waals surface area contributed by atoms with Crippen molar-refractivity contribution in [2.45, 2.75) is 6.42 Å². The van der Waals surface area contributed by atoms with Crippen LogP contribution in [0.15, 0.2) is 61.3 Å². The van der Waals surface area contributed by atoms with Crippen molar-refractivity contribution in [1.29, 1.82) is 0 Å². The number of fused-ring (bicyclic) bond motifs is 1. The van der Waals surface area contributed by atoms with E-state index in [4.69, 9.17) is 15.2 Å². The van der Waals surface area contributed by atoms with Gasteiger partial charge in [-0.15, -0.1) is 0 Å². The number of hydrogen-bond donors (Lipinski definition) is 2. The number of anilines is 1. The van der Waals surface area contributed by atoms with E-state index < -0.39 is 5.82 Å². The summed E-state index contributed by atoms with van der Waals surface area (Å²) in [5.41, 5.74) is 8.95. The van der Waals surface area contributed by atoms with Crippen LogP contribution in [-0.4, -0.2) is 22.3 Å². The van der Waals surface area contributed by atoms with Crippen molar-refractivity contribution in [3.05, 3.63) is 78.4 Å². The number of pyridine rings is 1. The largest absolute Gasteiger partial charge is 0.497 e. The Morgan fingerprint density at radius 2 is 1.93 bits per heavy atom. The number of nitrogen functional groups attached to an aromatic ring is 1. The molecule has 4 aromatic rings. The Morgan fingerprint density at radius 1 is 1.14 bits per heavy atom. The molecule has 0 radical (unpaired) electrons. The van der Waals surface area contributed by atoms with Crippen LogP contribution in [0.3, 0.4) is 0 Å². The van der Waals surface area contributed by atoms with E-state index >= 15 is 0 Å². The molecule has 0 amide bonds. The molecule has 0 aliphatic carbocycles. The number of ether oxygens (including phenoxy) is 2. The quantitative estimate of drug-likeness (QED) is 0.465. The Labute approximate surface area is 166 Å². The molecule has 146 valence electrons. The normalized spacial score (nSPS) is 10.8. The highest BCUT2D eigenvalue weighted by Gasteiger charge is 2.17. The van der Waals surface area contributed by atoms with E-state index in [-0.39, 0.29) is 5.75 Å². The van der Waals surface area contributed by atoms with Crippen molar-refractivity contribution < 1.29 is 13.9 Å². The third kappa shape index (κ3) is 3.75. The van der Waals surface area contributed by atoms with Gasteiger partial charge < -0.3 is 15.2 Å². The van der Waals surface area contributed by atoms with Crippen molar-refractivity contribution in [3.8, 4) is 17.2 Å². The van der Waals surface area contributed by atoms with Gasteiger partial charge in [-0.1, -0.05) is 18.7 Å². The maximum absolute atomic E-state index is 14.2. The first kappa shape index (κ1) is 18.5. The molecular formula is C22H19FN4O2. The fourth-order valence-electron chi connectivity index (χ4n) is 3.06. The summed E-state index contributed by atoms with van der Waals surface area (Å²) >= 11 is 0. The highest BCUT2D eigenvalue weighted by Crippen LogP contribution is 2.35. The Hall–Kier alpha value is -3.87. The van der Waals surface area contributed by atoms with Gasteiger partial charge in [-0.2, -0.15) is 5.10 Å². The molecule has 0 bridgehead atoms. The molecule has 4 rings (SSSR count). The van der Waals surface area contributed by atoms with E-state index in [1.54, 1.807) is 25.4 Å². The Morgan fingerprint density at radius 3 is 2.66 bits per heavy atom. The molecule has 29 heavy (non-hydrogen) atoms. The molecule has 0 aliphatic heterocycles. The summed E-state index contributed by atoms with van der Waals surface area (Å²) in [6.45, 7) is 4.19. The second-order valence-electron chi connectivity index (χ2n) is 6.53. The first-order valence-corrected chi connectivity index (χ1v) is 8.92. The molecule has 6 nitrogen and oxygen atoms in total. The number of nitrogens with zero attached hydrogens (tertiary/aromatic N) is 2. The summed E-state index contributed by atoms with van der Waals surface area (Å²) in [7, 11) is 1.63. The molecule has 2 aromatic carbocycles. The third-order valence-electron chi connectivity index (χ3n) is 4.52. The molecule has 0 saturated carbocycles. The van der Waals surface area contributed by atoms with Crippen LogP contribution < -0.4 is 15.2 Å². The van der Waals surface area contributed by atoms with Crippen molar-refractivity contribution in [3.63, 3.8) is 0 Å². The van der Waals surface area contributed by atoms with Crippen molar-refractivity contribution in [2.75, 3.05) is 12.8 Å². The molecule has 0 aliphatic rings. The summed E-state index contributed by atoms with van der Waals surface area (Å²) in [4.78, 5) is 4.26. The fraction of sp³-hybridized carbons (Fsp3) is 0.0909. The van der Waals surface area contributed by atoms with E-state index in [0.717, 1.165) is 16.9 Å². The summed E-state index contributed by atoms with van der Waals surface area (Å²) < 4.78 is 25.2. The predicted octanol–water partition coefficient (Wildman–Crippen LogP) is 4.74. The maximum Gasteiger partial charge on any atom is 0.185 e. The first-order chi connectivity index (χ1) is 14.0. The predicted molar refractivity (Wildman–Crippen MR) is 111 cm³/mol. The second kappa shape index (κ2) is 7.63. The van der Waals surface area contributed by atoms with Gasteiger partial charge in [-0.25, -0.2) is 9.37 Å². The Balaban J connectivity index is 1.67. The molecule has 0 spiro atoms. The highest BCUT2D eigenvalue weighted by molar-refractivity contribution is 5.93. The zero-order valence-corrected chi connectivity index (χ0v) is 15.8. The average molecular weight is 390 g/mol. The monoisotopic (exact) mass is 390 g/mol. The van der Waals surface area contributed by atoms with Crippen LogP contribution in [-0.2, 0) is 6.42 Å². The number of allylic oxidation sites excluding steroid dienone is 1.